The Balaban J connectivity index is 1.44. The molecule has 3 amide bonds. The van der Waals surface area contributed by atoms with E-state index in [4.69, 9.17) is 18.9 Å². The van der Waals surface area contributed by atoms with E-state index in [1.54, 1.807) is 73.9 Å². The molecule has 0 radical (unpaired) electrons. The summed E-state index contributed by atoms with van der Waals surface area (Å²) in [4.78, 5) is 59.1. The maximum absolute atomic E-state index is 14.7. The van der Waals surface area contributed by atoms with E-state index in [-0.39, 0.29) is 32.0 Å². The first-order valence-corrected chi connectivity index (χ1v) is 15.8. The van der Waals surface area contributed by atoms with Crippen molar-refractivity contribution in [1.29, 1.82) is 0 Å². The maximum Gasteiger partial charge on any atom is 0.313 e. The van der Waals surface area contributed by atoms with Gasteiger partial charge in [-0.25, -0.2) is 0 Å². The van der Waals surface area contributed by atoms with Gasteiger partial charge in [0.2, 0.25) is 11.8 Å². The molecule has 1 spiro atoms. The van der Waals surface area contributed by atoms with Crippen molar-refractivity contribution in [1.82, 2.24) is 10.2 Å². The van der Waals surface area contributed by atoms with E-state index < -0.39 is 66.1 Å². The zero-order chi connectivity index (χ0) is 33.1. The summed E-state index contributed by atoms with van der Waals surface area (Å²) >= 11 is 0. The monoisotopic (exact) mass is 645 g/mol. The van der Waals surface area contributed by atoms with Crippen molar-refractivity contribution in [3.63, 3.8) is 0 Å². The van der Waals surface area contributed by atoms with Crippen LogP contribution in [0, 0.1) is 11.8 Å². The molecule has 47 heavy (non-hydrogen) atoms. The third-order valence-electron chi connectivity index (χ3n) is 9.29. The number of anilines is 1. The van der Waals surface area contributed by atoms with Gasteiger partial charge in [-0.3, -0.25) is 19.2 Å². The normalized spacial score (nSPS) is 31.5. The van der Waals surface area contributed by atoms with Crippen LogP contribution in [0.4, 0.5) is 5.69 Å². The zero-order valence-electron chi connectivity index (χ0n) is 26.3. The second-order valence-electron chi connectivity index (χ2n) is 12.0. The minimum absolute atomic E-state index is 0.0584. The lowest BCUT2D eigenvalue weighted by molar-refractivity contribution is -0.162. The molecule has 6 rings (SSSR count). The zero-order valence-corrected chi connectivity index (χ0v) is 26.3. The van der Waals surface area contributed by atoms with E-state index in [0.29, 0.717) is 23.4 Å². The van der Waals surface area contributed by atoms with E-state index in [9.17, 15) is 24.3 Å². The number of nitrogens with one attached hydrogen (secondary N) is 1. The molecule has 4 heterocycles. The summed E-state index contributed by atoms with van der Waals surface area (Å²) in [5.41, 5.74) is -0.270. The van der Waals surface area contributed by atoms with Gasteiger partial charge in [0, 0.05) is 32.3 Å². The lowest BCUT2D eigenvalue weighted by Gasteiger charge is -2.35. The van der Waals surface area contributed by atoms with Crippen molar-refractivity contribution in [3.8, 4) is 5.75 Å². The molecule has 2 fully saturated rings. The van der Waals surface area contributed by atoms with Crippen molar-refractivity contribution in [3.05, 3.63) is 84.5 Å². The van der Waals surface area contributed by atoms with Crippen molar-refractivity contribution in [2.24, 2.45) is 11.8 Å². The fourth-order valence-electron chi connectivity index (χ4n) is 7.20. The molecule has 2 saturated heterocycles. The van der Waals surface area contributed by atoms with Crippen LogP contribution in [0.15, 0.2) is 78.9 Å². The van der Waals surface area contributed by atoms with Gasteiger partial charge in [0.25, 0.3) is 5.91 Å². The number of benzene rings is 2. The Kier molecular flexibility index (Phi) is 9.44. The molecule has 248 valence electrons. The Morgan fingerprint density at radius 3 is 2.47 bits per heavy atom. The Hall–Kier alpha value is -4.52. The van der Waals surface area contributed by atoms with Crippen LogP contribution >= 0.6 is 0 Å². The first kappa shape index (κ1) is 32.4. The van der Waals surface area contributed by atoms with E-state index in [2.05, 4.69) is 5.32 Å². The first-order chi connectivity index (χ1) is 22.8. The van der Waals surface area contributed by atoms with Crippen LogP contribution in [0.1, 0.15) is 24.5 Å². The molecule has 7 atom stereocenters. The van der Waals surface area contributed by atoms with Gasteiger partial charge in [-0.2, -0.15) is 0 Å². The number of ether oxygens (including phenoxy) is 4. The molecule has 0 aliphatic carbocycles. The summed E-state index contributed by atoms with van der Waals surface area (Å²) in [5.74, 6) is -3.40. The maximum atomic E-state index is 14.7. The van der Waals surface area contributed by atoms with Crippen LogP contribution in [0.25, 0.3) is 0 Å². The van der Waals surface area contributed by atoms with Gasteiger partial charge in [-0.05, 0) is 36.2 Å². The van der Waals surface area contributed by atoms with Crippen LogP contribution in [0.5, 0.6) is 5.75 Å². The third kappa shape index (κ3) is 5.92. The minimum atomic E-state index is -1.46. The summed E-state index contributed by atoms with van der Waals surface area (Å²) in [5, 5.41) is 13.0. The highest BCUT2D eigenvalue weighted by Crippen LogP contribution is 2.56. The van der Waals surface area contributed by atoms with Crippen molar-refractivity contribution < 1.29 is 43.2 Å². The Morgan fingerprint density at radius 1 is 1.00 bits per heavy atom. The van der Waals surface area contributed by atoms with Crippen LogP contribution in [0.2, 0.25) is 0 Å². The van der Waals surface area contributed by atoms with Gasteiger partial charge < -0.3 is 39.2 Å². The predicted molar refractivity (Wildman–Crippen MR) is 169 cm³/mol. The van der Waals surface area contributed by atoms with Crippen molar-refractivity contribution in [2.75, 3.05) is 45.4 Å². The molecule has 12 nitrogen and oxygen atoms in total. The molecule has 0 aromatic heterocycles. The number of methoxy groups -OCH3 is 2. The summed E-state index contributed by atoms with van der Waals surface area (Å²) in [6, 6.07) is 14.1. The van der Waals surface area contributed by atoms with Gasteiger partial charge >= 0.3 is 5.97 Å². The molecular weight excluding hydrogens is 606 g/mol. The number of likely N-dealkylation sites (tertiary alicyclic amines) is 1. The number of hydrogen-bond donors (Lipinski definition) is 2. The van der Waals surface area contributed by atoms with Gasteiger partial charge in [-0.1, -0.05) is 54.6 Å². The topological polar surface area (TPSA) is 144 Å². The summed E-state index contributed by atoms with van der Waals surface area (Å²) in [6.45, 7) is -0.329. The SMILES string of the molecule is COC[C@@H]1NC(=O)CC/C=C\CN(c2ccc(OC)cc2)C(=O)[C@H]2N(CCO)C(=O)[C@@H]3[C@@H](C(=O)O[C@H]1c1ccccc1)[C@H]1C=C[C@]32O1. The number of hydrogen-bond acceptors (Lipinski definition) is 9. The Labute approximate surface area is 272 Å². The number of carbonyl (C=O) groups excluding carboxylic acids is 4. The fourth-order valence-corrected chi connectivity index (χ4v) is 7.20. The second kappa shape index (κ2) is 13.7. The number of cyclic esters (lactones) is 1. The Morgan fingerprint density at radius 2 is 1.77 bits per heavy atom. The Bertz CT molecular complexity index is 1550. The molecular formula is C35H39N3O9. The highest BCUT2D eigenvalue weighted by atomic mass is 16.6. The van der Waals surface area contributed by atoms with E-state index >= 15 is 0 Å². The quantitative estimate of drug-likeness (QED) is 0.341. The second-order valence-corrected chi connectivity index (χ2v) is 12.0. The molecule has 0 unspecified atom stereocenters. The highest BCUT2D eigenvalue weighted by molar-refractivity contribution is 6.05. The molecule has 0 saturated carbocycles. The number of aliphatic hydroxyl groups is 1. The van der Waals surface area contributed by atoms with Crippen LogP contribution < -0.4 is 15.0 Å². The molecule has 5 bridgehead atoms. The predicted octanol–water partition coefficient (Wildman–Crippen LogP) is 1.94. The molecule has 2 aromatic rings. The van der Waals surface area contributed by atoms with Gasteiger partial charge in [0.1, 0.15) is 29.4 Å². The number of amides is 3. The standard InChI is InChI=1S/C35H39N3O9/c1-44-21-25-30(22-9-5-3-6-10-22)46-34(43)28-26-16-17-35(47-26)29(28)32(41)38(19-20-39)31(35)33(42)37(18-8-4-7-11-27(40)36-25)23-12-14-24(45-2)15-13-23/h3-6,8-10,12-17,25-26,28-31,39H,7,11,18-21H2,1-2H3,(H,36,40)/b8-4-/t25-,26+,28-,29-,30-,31+,35-/m0/s1. The summed E-state index contributed by atoms with van der Waals surface area (Å²) in [6.07, 6.45) is 5.81. The molecule has 12 heteroatoms. The molecule has 4 aliphatic heterocycles. The van der Waals surface area contributed by atoms with Crippen LogP contribution in [-0.2, 0) is 33.4 Å². The largest absolute Gasteiger partial charge is 0.497 e. The van der Waals surface area contributed by atoms with Crippen LogP contribution in [0.3, 0.4) is 0 Å². The van der Waals surface area contributed by atoms with E-state index in [1.165, 1.54) is 16.9 Å². The van der Waals surface area contributed by atoms with E-state index in [1.807, 2.05) is 12.1 Å². The van der Waals surface area contributed by atoms with Crippen LogP contribution in [-0.4, -0.2) is 98.0 Å². The van der Waals surface area contributed by atoms with E-state index in [0.717, 1.165) is 0 Å². The summed E-state index contributed by atoms with van der Waals surface area (Å²) < 4.78 is 23.4. The lowest BCUT2D eigenvalue weighted by atomic mass is 9.74. The van der Waals surface area contributed by atoms with Gasteiger partial charge in [-0.15, -0.1) is 0 Å². The number of carbonyl (C=O) groups is 4. The number of esters is 1. The van der Waals surface area contributed by atoms with Crippen molar-refractivity contribution >= 4 is 29.4 Å². The minimum Gasteiger partial charge on any atom is -0.497 e. The van der Waals surface area contributed by atoms with Gasteiger partial charge in [0.05, 0.1) is 38.4 Å². The lowest BCUT2D eigenvalue weighted by Crippen LogP contribution is -2.56. The average Bonchev–Trinajstić information content (AvgIpc) is 3.72. The number of rotatable bonds is 7. The smallest absolute Gasteiger partial charge is 0.313 e. The van der Waals surface area contributed by atoms with Crippen molar-refractivity contribution in [2.45, 2.75) is 42.7 Å². The number of nitrogens with zero attached hydrogens (tertiary/aromatic N) is 2. The number of fused-ring (bicyclic) bond motifs is 2. The number of β-amino-alcohol motifs (C(OH)–C–C–N with tert-alkyl or cyclic N) is 1. The summed E-state index contributed by atoms with van der Waals surface area (Å²) in [7, 11) is 3.05. The fraction of sp³-hybridized carbons (Fsp3) is 0.429. The number of aliphatic hydroxyl groups excluding tert-OH is 1. The first-order valence-electron chi connectivity index (χ1n) is 15.8. The average molecular weight is 646 g/mol. The molecule has 2 aromatic carbocycles. The number of allylic oxidation sites excluding steroid dienone is 1. The highest BCUT2D eigenvalue weighted by Gasteiger charge is 2.73. The van der Waals surface area contributed by atoms with Gasteiger partial charge in [0.15, 0.2) is 0 Å². The molecule has 4 aliphatic rings. The molecule has 2 N–H and O–H groups in total. The third-order valence-corrected chi connectivity index (χ3v) is 9.29.